The molecule has 22 heavy (non-hydrogen) atoms. The number of carbonyl (C=O) groups is 1. The standard InChI is InChI=1S/C15H32N2O5/c1-14(2)4-3-6-19-8-10-21-12-13-22-11-9-20-7-5-17-15(16)18/h14H,3-13H2,1-2H3,(H3,16,17,18). The molecule has 2 amide bonds. The van der Waals surface area contributed by atoms with Crippen LogP contribution in [0.3, 0.4) is 0 Å². The van der Waals surface area contributed by atoms with E-state index in [1.54, 1.807) is 0 Å². The summed E-state index contributed by atoms with van der Waals surface area (Å²) in [5, 5.41) is 2.44. The fraction of sp³-hybridized carbons (Fsp3) is 0.933. The summed E-state index contributed by atoms with van der Waals surface area (Å²) in [5.41, 5.74) is 4.91. The van der Waals surface area contributed by atoms with Crippen molar-refractivity contribution in [1.29, 1.82) is 0 Å². The monoisotopic (exact) mass is 320 g/mol. The average Bonchev–Trinajstić information content (AvgIpc) is 2.46. The van der Waals surface area contributed by atoms with Gasteiger partial charge in [0.15, 0.2) is 0 Å². The van der Waals surface area contributed by atoms with Gasteiger partial charge in [0.2, 0.25) is 0 Å². The van der Waals surface area contributed by atoms with Gasteiger partial charge < -0.3 is 30.0 Å². The molecule has 0 aromatic heterocycles. The van der Waals surface area contributed by atoms with Crippen molar-refractivity contribution in [2.45, 2.75) is 26.7 Å². The predicted octanol–water partition coefficient (Wildman–Crippen LogP) is 1.16. The molecule has 0 heterocycles. The molecule has 0 aromatic rings. The van der Waals surface area contributed by atoms with Crippen molar-refractivity contribution in [3.05, 3.63) is 0 Å². The number of primary amides is 1. The van der Waals surface area contributed by atoms with Crippen molar-refractivity contribution < 1.29 is 23.7 Å². The average molecular weight is 320 g/mol. The lowest BCUT2D eigenvalue weighted by Gasteiger charge is -2.08. The largest absolute Gasteiger partial charge is 0.379 e. The van der Waals surface area contributed by atoms with Gasteiger partial charge in [-0.25, -0.2) is 4.79 Å². The Morgan fingerprint density at radius 1 is 0.864 bits per heavy atom. The highest BCUT2D eigenvalue weighted by Crippen LogP contribution is 2.02. The first-order chi connectivity index (χ1) is 10.6. The number of hydrogen-bond donors (Lipinski definition) is 2. The lowest BCUT2D eigenvalue weighted by molar-refractivity contribution is -0.00179. The summed E-state index contributed by atoms with van der Waals surface area (Å²) in [7, 11) is 0. The maximum atomic E-state index is 10.4. The topological polar surface area (TPSA) is 92.0 Å². The van der Waals surface area contributed by atoms with Gasteiger partial charge in [-0.2, -0.15) is 0 Å². The molecule has 0 saturated heterocycles. The lowest BCUT2D eigenvalue weighted by Crippen LogP contribution is -2.32. The molecule has 132 valence electrons. The molecule has 0 aliphatic rings. The van der Waals surface area contributed by atoms with Crippen LogP contribution in [0, 0.1) is 5.92 Å². The summed E-state index contributed by atoms with van der Waals surface area (Å²) < 4.78 is 21.4. The zero-order chi connectivity index (χ0) is 16.5. The molecule has 7 nitrogen and oxygen atoms in total. The molecule has 0 radical (unpaired) electrons. The van der Waals surface area contributed by atoms with E-state index in [2.05, 4.69) is 19.2 Å². The number of urea groups is 1. The number of amides is 2. The molecular formula is C15H32N2O5. The Bertz CT molecular complexity index is 252. The van der Waals surface area contributed by atoms with E-state index in [-0.39, 0.29) is 0 Å². The van der Waals surface area contributed by atoms with Crippen LogP contribution < -0.4 is 11.1 Å². The number of nitrogens with two attached hydrogens (primary N) is 1. The second-order valence-electron chi connectivity index (χ2n) is 5.28. The Balaban J connectivity index is 2.98. The van der Waals surface area contributed by atoms with Gasteiger partial charge in [0.1, 0.15) is 0 Å². The first kappa shape index (κ1) is 21.1. The molecule has 0 spiro atoms. The molecule has 0 rings (SSSR count). The first-order valence-electron chi connectivity index (χ1n) is 7.97. The van der Waals surface area contributed by atoms with E-state index in [1.165, 1.54) is 6.42 Å². The molecule has 0 aliphatic carbocycles. The highest BCUT2D eigenvalue weighted by atomic mass is 16.6. The number of nitrogens with one attached hydrogen (secondary N) is 1. The Hall–Kier alpha value is -0.890. The fourth-order valence-electron chi connectivity index (χ4n) is 1.60. The van der Waals surface area contributed by atoms with Gasteiger partial charge in [-0.3, -0.25) is 0 Å². The second-order valence-corrected chi connectivity index (χ2v) is 5.28. The quantitative estimate of drug-likeness (QED) is 0.416. The smallest absolute Gasteiger partial charge is 0.312 e. The molecule has 0 bridgehead atoms. The highest BCUT2D eigenvalue weighted by molar-refractivity contribution is 5.71. The van der Waals surface area contributed by atoms with Gasteiger partial charge >= 0.3 is 6.03 Å². The van der Waals surface area contributed by atoms with E-state index in [0.29, 0.717) is 52.8 Å². The van der Waals surface area contributed by atoms with Gasteiger partial charge in [-0.1, -0.05) is 13.8 Å². The Morgan fingerprint density at radius 2 is 1.32 bits per heavy atom. The van der Waals surface area contributed by atoms with E-state index < -0.39 is 6.03 Å². The van der Waals surface area contributed by atoms with E-state index in [9.17, 15) is 4.79 Å². The number of ether oxygens (including phenoxy) is 4. The molecule has 7 heteroatoms. The van der Waals surface area contributed by atoms with Crippen LogP contribution >= 0.6 is 0 Å². The second kappa shape index (κ2) is 16.5. The summed E-state index contributed by atoms with van der Waals surface area (Å²) in [6.07, 6.45) is 2.31. The zero-order valence-corrected chi connectivity index (χ0v) is 14.0. The minimum Gasteiger partial charge on any atom is -0.379 e. The lowest BCUT2D eigenvalue weighted by atomic mass is 10.1. The van der Waals surface area contributed by atoms with Crippen molar-refractivity contribution >= 4 is 6.03 Å². The van der Waals surface area contributed by atoms with Crippen LogP contribution in [0.5, 0.6) is 0 Å². The maximum Gasteiger partial charge on any atom is 0.312 e. The van der Waals surface area contributed by atoms with Crippen LogP contribution in [-0.2, 0) is 18.9 Å². The fourth-order valence-corrected chi connectivity index (χ4v) is 1.60. The summed E-state index contributed by atoms with van der Waals surface area (Å²) in [5.74, 6) is 0.736. The van der Waals surface area contributed by atoms with E-state index in [1.807, 2.05) is 0 Å². The van der Waals surface area contributed by atoms with Crippen LogP contribution in [0.4, 0.5) is 4.79 Å². The molecule has 3 N–H and O–H groups in total. The molecule has 0 atom stereocenters. The third-order valence-electron chi connectivity index (χ3n) is 2.73. The number of rotatable bonds is 16. The van der Waals surface area contributed by atoms with Gasteiger partial charge in [0.05, 0.1) is 46.2 Å². The van der Waals surface area contributed by atoms with Crippen LogP contribution in [0.15, 0.2) is 0 Å². The molecule has 0 unspecified atom stereocenters. The van der Waals surface area contributed by atoms with Gasteiger partial charge in [-0.05, 0) is 18.8 Å². The number of carbonyl (C=O) groups excluding carboxylic acids is 1. The zero-order valence-electron chi connectivity index (χ0n) is 14.0. The molecule has 0 aliphatic heterocycles. The summed E-state index contributed by atoms with van der Waals surface area (Å²) in [4.78, 5) is 10.4. The van der Waals surface area contributed by atoms with Crippen molar-refractivity contribution in [2.24, 2.45) is 11.7 Å². The van der Waals surface area contributed by atoms with Gasteiger partial charge in [0.25, 0.3) is 0 Å². The van der Waals surface area contributed by atoms with E-state index in [0.717, 1.165) is 18.9 Å². The van der Waals surface area contributed by atoms with Crippen LogP contribution in [0.25, 0.3) is 0 Å². The normalized spacial score (nSPS) is 11.0. The highest BCUT2D eigenvalue weighted by Gasteiger charge is 1.95. The van der Waals surface area contributed by atoms with Gasteiger partial charge in [-0.15, -0.1) is 0 Å². The molecule has 0 fully saturated rings. The van der Waals surface area contributed by atoms with Crippen LogP contribution in [0.1, 0.15) is 26.7 Å². The summed E-state index contributed by atoms with van der Waals surface area (Å²) >= 11 is 0. The van der Waals surface area contributed by atoms with E-state index >= 15 is 0 Å². The third-order valence-corrected chi connectivity index (χ3v) is 2.73. The third kappa shape index (κ3) is 19.1. The predicted molar refractivity (Wildman–Crippen MR) is 84.9 cm³/mol. The maximum absolute atomic E-state index is 10.4. The van der Waals surface area contributed by atoms with Gasteiger partial charge in [0, 0.05) is 13.2 Å². The van der Waals surface area contributed by atoms with E-state index in [4.69, 9.17) is 24.7 Å². The molecule has 0 saturated carbocycles. The minimum atomic E-state index is -0.541. The van der Waals surface area contributed by atoms with Crippen molar-refractivity contribution in [1.82, 2.24) is 5.32 Å². The van der Waals surface area contributed by atoms with Crippen LogP contribution in [0.2, 0.25) is 0 Å². The summed E-state index contributed by atoms with van der Waals surface area (Å²) in [6, 6.07) is -0.541. The molecule has 0 aromatic carbocycles. The minimum absolute atomic E-state index is 0.412. The SMILES string of the molecule is CC(C)CCCOCCOCCOCCOCCNC(N)=O. The van der Waals surface area contributed by atoms with Crippen molar-refractivity contribution in [2.75, 3.05) is 59.4 Å². The van der Waals surface area contributed by atoms with Crippen molar-refractivity contribution in [3.8, 4) is 0 Å². The Morgan fingerprint density at radius 3 is 1.77 bits per heavy atom. The van der Waals surface area contributed by atoms with Crippen molar-refractivity contribution in [3.63, 3.8) is 0 Å². The Labute approximate surface area is 133 Å². The molecular weight excluding hydrogens is 288 g/mol. The van der Waals surface area contributed by atoms with Crippen LogP contribution in [-0.4, -0.2) is 65.4 Å². The summed E-state index contributed by atoms with van der Waals surface area (Å²) in [6.45, 7) is 9.39. The first-order valence-corrected chi connectivity index (χ1v) is 7.97. The Kier molecular flexibility index (Phi) is 15.8. The number of hydrogen-bond acceptors (Lipinski definition) is 5.